The van der Waals surface area contributed by atoms with Crippen molar-refractivity contribution in [3.05, 3.63) is 49.9 Å². The van der Waals surface area contributed by atoms with Crippen molar-refractivity contribution in [2.24, 2.45) is 11.7 Å². The Morgan fingerprint density at radius 1 is 1.35 bits per heavy atom. The number of nitrogens with one attached hydrogen (secondary N) is 1. The Morgan fingerprint density at radius 3 is 2.54 bits per heavy atom. The molecule has 1 aromatic heterocycles. The number of nitrogens with zero attached hydrogens (tertiary/aromatic N) is 2. The van der Waals surface area contributed by atoms with Crippen molar-refractivity contribution in [2.75, 3.05) is 11.9 Å². The largest absolute Gasteiger partial charge is 0.381 e. The molecule has 7 heteroatoms. The van der Waals surface area contributed by atoms with Gasteiger partial charge in [0.05, 0.1) is 15.3 Å². The molecule has 0 spiro atoms. The van der Waals surface area contributed by atoms with Gasteiger partial charge in [0.2, 0.25) is 5.91 Å². The molecule has 26 heavy (non-hydrogen) atoms. The zero-order valence-electron chi connectivity index (χ0n) is 15.1. The number of para-hydroxylation sites is 1. The fourth-order valence-electron chi connectivity index (χ4n) is 2.63. The van der Waals surface area contributed by atoms with Gasteiger partial charge in [0, 0.05) is 18.8 Å². The summed E-state index contributed by atoms with van der Waals surface area (Å²) >= 11 is 1.30. The second kappa shape index (κ2) is 8.50. The lowest BCUT2D eigenvalue weighted by Crippen LogP contribution is -2.34. The third-order valence-electron chi connectivity index (χ3n) is 4.10. The number of amides is 1. The van der Waals surface area contributed by atoms with Gasteiger partial charge in [-0.05, 0) is 44.1 Å². The number of hydrogen-bond donors (Lipinski definition) is 2. The average molecular weight is 370 g/mol. The third kappa shape index (κ3) is 4.03. The zero-order valence-corrected chi connectivity index (χ0v) is 15.9. The Balaban J connectivity index is 2.55. The summed E-state index contributed by atoms with van der Waals surface area (Å²) in [4.78, 5) is 24.3. The van der Waals surface area contributed by atoms with Crippen molar-refractivity contribution in [2.45, 2.75) is 27.3 Å². The Labute approximate surface area is 155 Å². The Hall–Kier alpha value is -2.85. The summed E-state index contributed by atoms with van der Waals surface area (Å²) in [6.07, 6.45) is 0. The minimum absolute atomic E-state index is 0.111. The van der Waals surface area contributed by atoms with E-state index >= 15 is 0 Å². The fourth-order valence-corrected chi connectivity index (χ4v) is 3.87. The topological polar surface area (TPSA) is 101 Å². The fraction of sp³-hybridized carbons (Fsp3) is 0.316. The van der Waals surface area contributed by atoms with E-state index in [0.29, 0.717) is 27.9 Å². The maximum Gasteiger partial charge on any atom is 0.269 e. The van der Waals surface area contributed by atoms with Gasteiger partial charge < -0.3 is 11.1 Å². The highest BCUT2D eigenvalue weighted by molar-refractivity contribution is 7.07. The number of anilines is 1. The highest BCUT2D eigenvalue weighted by atomic mass is 32.1. The number of rotatable bonds is 6. The smallest absolute Gasteiger partial charge is 0.269 e. The lowest BCUT2D eigenvalue weighted by Gasteiger charge is -2.05. The van der Waals surface area contributed by atoms with Gasteiger partial charge in [-0.2, -0.15) is 5.26 Å². The van der Waals surface area contributed by atoms with Gasteiger partial charge in [-0.15, -0.1) is 11.3 Å². The van der Waals surface area contributed by atoms with Crippen LogP contribution in [0.1, 0.15) is 20.8 Å². The van der Waals surface area contributed by atoms with Crippen LogP contribution in [0.3, 0.4) is 0 Å². The van der Waals surface area contributed by atoms with Crippen molar-refractivity contribution >= 4 is 34.1 Å². The number of primary amides is 1. The first-order chi connectivity index (χ1) is 12.4. The summed E-state index contributed by atoms with van der Waals surface area (Å²) in [6, 6.07) is 11.7. The normalized spacial score (nSPS) is 14.2. The number of hydrogen-bond acceptors (Lipinski definition) is 5. The van der Waals surface area contributed by atoms with Crippen LogP contribution in [0.2, 0.25) is 0 Å². The van der Waals surface area contributed by atoms with Crippen molar-refractivity contribution in [1.82, 2.24) is 4.57 Å². The molecular formula is C19H22N4O2S. The number of carbonyl (C=O) groups is 1. The Morgan fingerprint density at radius 2 is 2.00 bits per heavy atom. The number of carbonyl (C=O) groups excluding carboxylic acids is 1. The summed E-state index contributed by atoms with van der Waals surface area (Å²) in [5, 5.41) is 12.5. The lowest BCUT2D eigenvalue weighted by molar-refractivity contribution is -0.118. The van der Waals surface area contributed by atoms with E-state index in [-0.39, 0.29) is 5.56 Å². The van der Waals surface area contributed by atoms with E-state index in [1.54, 1.807) is 11.5 Å². The highest BCUT2D eigenvalue weighted by Crippen LogP contribution is 2.09. The molecule has 0 aliphatic carbocycles. The number of nitrogens with two attached hydrogens (primary N) is 1. The number of nitriles is 1. The molecule has 0 aliphatic heterocycles. The van der Waals surface area contributed by atoms with E-state index in [4.69, 9.17) is 5.73 Å². The second-order valence-corrected chi connectivity index (χ2v) is 6.93. The molecule has 0 bridgehead atoms. The summed E-state index contributed by atoms with van der Waals surface area (Å²) in [7, 11) is 0. The molecular weight excluding hydrogens is 348 g/mol. The minimum atomic E-state index is -1.04. The summed E-state index contributed by atoms with van der Waals surface area (Å²) in [6.45, 7) is 6.42. The van der Waals surface area contributed by atoms with Crippen LogP contribution in [-0.2, 0) is 11.3 Å². The summed E-state index contributed by atoms with van der Waals surface area (Å²) in [5.41, 5.74) is 7.59. The molecule has 0 radical (unpaired) electrons. The average Bonchev–Trinajstić information content (AvgIpc) is 2.97. The first-order valence-corrected chi connectivity index (χ1v) is 9.10. The maximum atomic E-state index is 12.8. The molecule has 2 aromatic rings. The number of thiazole rings is 1. The van der Waals surface area contributed by atoms with Gasteiger partial charge in [-0.3, -0.25) is 14.2 Å². The zero-order chi connectivity index (χ0) is 19.3. The first kappa shape index (κ1) is 19.5. The number of benzene rings is 1. The molecule has 1 amide bonds. The van der Waals surface area contributed by atoms with Crippen molar-refractivity contribution in [3.8, 4) is 6.07 Å². The molecule has 0 saturated carbocycles. The monoisotopic (exact) mass is 370 g/mol. The molecule has 1 aromatic carbocycles. The van der Waals surface area contributed by atoms with Crippen molar-refractivity contribution in [1.29, 1.82) is 5.26 Å². The third-order valence-corrected chi connectivity index (χ3v) is 5.57. The Kier molecular flexibility index (Phi) is 6.36. The highest BCUT2D eigenvalue weighted by Gasteiger charge is 2.19. The van der Waals surface area contributed by atoms with Crippen LogP contribution in [0.25, 0.3) is 11.1 Å². The van der Waals surface area contributed by atoms with Crippen LogP contribution in [-0.4, -0.2) is 17.0 Å². The van der Waals surface area contributed by atoms with Crippen LogP contribution in [0.4, 0.5) is 5.69 Å². The van der Waals surface area contributed by atoms with Gasteiger partial charge in [0.25, 0.3) is 5.56 Å². The molecule has 1 unspecified atom stereocenters. The number of aromatic nitrogens is 1. The van der Waals surface area contributed by atoms with E-state index in [1.165, 1.54) is 11.3 Å². The lowest BCUT2D eigenvalue weighted by atomic mass is 10.0. The van der Waals surface area contributed by atoms with Gasteiger partial charge in [-0.1, -0.05) is 18.2 Å². The molecule has 0 saturated heterocycles. The van der Waals surface area contributed by atoms with E-state index < -0.39 is 11.8 Å². The Bertz CT molecular complexity index is 1010. The standard InChI is InChI=1S/C19H22N4O2S/c1-4-23-18(25)16(12(2)11-22-14-8-6-5-7-9-14)26-19(23)13(3)15(10-20)17(21)24/h5-9,15,22H,4,11H2,1-3H3,(H2,21,24)/b16-12+,19-13-. The van der Waals surface area contributed by atoms with Gasteiger partial charge in [-0.25, -0.2) is 0 Å². The summed E-state index contributed by atoms with van der Waals surface area (Å²) in [5.74, 6) is -1.75. The van der Waals surface area contributed by atoms with E-state index in [0.717, 1.165) is 11.3 Å². The second-order valence-electron chi connectivity index (χ2n) is 5.93. The maximum absolute atomic E-state index is 12.8. The molecule has 1 atom stereocenters. The molecule has 0 aliphatic rings. The predicted octanol–water partition coefficient (Wildman–Crippen LogP) is 1.01. The van der Waals surface area contributed by atoms with Crippen molar-refractivity contribution < 1.29 is 4.79 Å². The quantitative estimate of drug-likeness (QED) is 0.792. The molecule has 3 N–H and O–H groups in total. The van der Waals surface area contributed by atoms with E-state index in [9.17, 15) is 14.9 Å². The van der Waals surface area contributed by atoms with Crippen molar-refractivity contribution in [3.63, 3.8) is 0 Å². The van der Waals surface area contributed by atoms with Gasteiger partial charge in [0.15, 0.2) is 0 Å². The molecule has 2 rings (SSSR count). The molecule has 136 valence electrons. The van der Waals surface area contributed by atoms with Crippen LogP contribution in [0.5, 0.6) is 0 Å². The molecule has 6 nitrogen and oxygen atoms in total. The van der Waals surface area contributed by atoms with Crippen LogP contribution in [0, 0.1) is 17.2 Å². The van der Waals surface area contributed by atoms with Crippen LogP contribution >= 0.6 is 11.3 Å². The molecule has 1 heterocycles. The molecule has 0 fully saturated rings. The summed E-state index contributed by atoms with van der Waals surface area (Å²) < 4.78 is 2.83. The van der Waals surface area contributed by atoms with Gasteiger partial charge >= 0.3 is 0 Å². The van der Waals surface area contributed by atoms with Gasteiger partial charge in [0.1, 0.15) is 5.92 Å². The van der Waals surface area contributed by atoms with Crippen LogP contribution < -0.4 is 25.8 Å². The first-order valence-electron chi connectivity index (χ1n) is 8.28. The van der Waals surface area contributed by atoms with E-state index in [2.05, 4.69) is 5.32 Å². The van der Waals surface area contributed by atoms with Crippen LogP contribution in [0.15, 0.2) is 35.1 Å². The minimum Gasteiger partial charge on any atom is -0.381 e. The van der Waals surface area contributed by atoms with E-state index in [1.807, 2.05) is 50.2 Å². The SMILES string of the molecule is CCn1c(=O)/c(=C(/C)CNc2ccccc2)s/c1=C(/C)C(C#N)C(N)=O. The predicted molar refractivity (Wildman–Crippen MR) is 105 cm³/mol.